The molecule has 1 aliphatic carbocycles. The lowest BCUT2D eigenvalue weighted by molar-refractivity contribution is -0.226. The predicted octanol–water partition coefficient (Wildman–Crippen LogP) is 5.06. The summed E-state index contributed by atoms with van der Waals surface area (Å²) in [7, 11) is 0. The number of aliphatic carboxylic acids is 1. The fourth-order valence-electron chi connectivity index (χ4n) is 5.40. The summed E-state index contributed by atoms with van der Waals surface area (Å²) in [5.41, 5.74) is 0. The summed E-state index contributed by atoms with van der Waals surface area (Å²) in [5, 5.41) is 8.84. The third kappa shape index (κ3) is 10.3. The highest BCUT2D eigenvalue weighted by Gasteiger charge is 2.45. The van der Waals surface area contributed by atoms with Crippen molar-refractivity contribution in [2.45, 2.75) is 102 Å². The van der Waals surface area contributed by atoms with Crippen LogP contribution >= 0.6 is 0 Å². The number of benzene rings is 1. The first-order valence-electron chi connectivity index (χ1n) is 14.8. The third-order valence-corrected chi connectivity index (χ3v) is 7.52. The molecule has 9 nitrogen and oxygen atoms in total. The first kappa shape index (κ1) is 30.7. The number of ketones is 1. The first-order valence-corrected chi connectivity index (χ1v) is 14.8. The SMILES string of the molecule is O=C(O)CCC=CCCC1C(=O)CC(OC2CCCCO2)C1OCC(COc1ccccc1)OC1CCCCO1. The minimum atomic E-state index is -0.819. The van der Waals surface area contributed by atoms with E-state index in [1.165, 1.54) is 0 Å². The molecule has 0 aromatic heterocycles. The molecule has 0 amide bonds. The Bertz CT molecular complexity index is 909. The Morgan fingerprint density at radius 1 is 0.975 bits per heavy atom. The molecule has 0 spiro atoms. The summed E-state index contributed by atoms with van der Waals surface area (Å²) in [6.45, 7) is 1.86. The minimum absolute atomic E-state index is 0.0963. The summed E-state index contributed by atoms with van der Waals surface area (Å²) in [4.78, 5) is 23.9. The monoisotopic (exact) mass is 560 g/mol. The lowest BCUT2D eigenvalue weighted by atomic mass is 9.97. The molecule has 2 saturated heterocycles. The Morgan fingerprint density at radius 2 is 1.70 bits per heavy atom. The van der Waals surface area contributed by atoms with Crippen molar-refractivity contribution in [3.63, 3.8) is 0 Å². The predicted molar refractivity (Wildman–Crippen MR) is 147 cm³/mol. The first-order chi connectivity index (χ1) is 19.6. The summed E-state index contributed by atoms with van der Waals surface area (Å²) >= 11 is 0. The van der Waals surface area contributed by atoms with Gasteiger partial charge in [0.1, 0.15) is 24.2 Å². The highest BCUT2D eigenvalue weighted by atomic mass is 16.7. The van der Waals surface area contributed by atoms with Gasteiger partial charge in [-0.25, -0.2) is 0 Å². The van der Waals surface area contributed by atoms with Crippen LogP contribution in [0.25, 0.3) is 0 Å². The van der Waals surface area contributed by atoms with Crippen LogP contribution in [0.2, 0.25) is 0 Å². The van der Waals surface area contributed by atoms with E-state index in [-0.39, 0.29) is 49.8 Å². The average Bonchev–Trinajstić information content (AvgIpc) is 3.26. The molecule has 2 heterocycles. The Balaban J connectivity index is 1.39. The van der Waals surface area contributed by atoms with Crippen molar-refractivity contribution >= 4 is 11.8 Å². The molecule has 40 heavy (non-hydrogen) atoms. The minimum Gasteiger partial charge on any atom is -0.491 e. The van der Waals surface area contributed by atoms with Gasteiger partial charge >= 0.3 is 5.97 Å². The topological polar surface area (TPSA) is 110 Å². The largest absolute Gasteiger partial charge is 0.491 e. The smallest absolute Gasteiger partial charge is 0.303 e. The number of hydrogen-bond acceptors (Lipinski definition) is 8. The summed E-state index contributed by atoms with van der Waals surface area (Å²) < 4.78 is 36.7. The summed E-state index contributed by atoms with van der Waals surface area (Å²) in [6, 6.07) is 9.59. The second kappa shape index (κ2) is 16.8. The van der Waals surface area contributed by atoms with Crippen molar-refractivity contribution in [2.24, 2.45) is 5.92 Å². The Morgan fingerprint density at radius 3 is 2.40 bits per heavy atom. The zero-order valence-electron chi connectivity index (χ0n) is 23.3. The third-order valence-electron chi connectivity index (χ3n) is 7.52. The van der Waals surface area contributed by atoms with Gasteiger partial charge < -0.3 is 33.5 Å². The highest BCUT2D eigenvalue weighted by molar-refractivity contribution is 5.84. The number of carbonyl (C=O) groups excluding carboxylic acids is 1. The van der Waals surface area contributed by atoms with Crippen LogP contribution in [0.1, 0.15) is 70.6 Å². The van der Waals surface area contributed by atoms with E-state index in [0.29, 0.717) is 39.1 Å². The lowest BCUT2D eigenvalue weighted by Gasteiger charge is -2.32. The molecule has 3 aliphatic rings. The van der Waals surface area contributed by atoms with Crippen LogP contribution in [-0.2, 0) is 33.3 Å². The molecule has 6 unspecified atom stereocenters. The molecule has 1 N–H and O–H groups in total. The van der Waals surface area contributed by atoms with Crippen molar-refractivity contribution in [2.75, 3.05) is 26.4 Å². The van der Waals surface area contributed by atoms with Crippen molar-refractivity contribution in [1.29, 1.82) is 0 Å². The number of hydrogen-bond donors (Lipinski definition) is 1. The summed E-state index contributed by atoms with van der Waals surface area (Å²) in [5.74, 6) is -0.265. The van der Waals surface area contributed by atoms with Crippen molar-refractivity contribution in [3.8, 4) is 5.75 Å². The fourth-order valence-corrected chi connectivity index (χ4v) is 5.40. The van der Waals surface area contributed by atoms with Crippen LogP contribution in [0.15, 0.2) is 42.5 Å². The van der Waals surface area contributed by atoms with E-state index in [1.807, 2.05) is 42.5 Å². The molecule has 222 valence electrons. The molecule has 6 atom stereocenters. The van der Waals surface area contributed by atoms with Gasteiger partial charge in [0, 0.05) is 32.0 Å². The summed E-state index contributed by atoms with van der Waals surface area (Å²) in [6.07, 6.45) is 9.87. The number of ether oxygens (including phenoxy) is 6. The van der Waals surface area contributed by atoms with Crippen LogP contribution < -0.4 is 4.74 Å². The van der Waals surface area contributed by atoms with Crippen molar-refractivity contribution in [1.82, 2.24) is 0 Å². The van der Waals surface area contributed by atoms with Gasteiger partial charge in [-0.1, -0.05) is 30.4 Å². The molecular weight excluding hydrogens is 516 g/mol. The quantitative estimate of drug-likeness (QED) is 0.277. The highest BCUT2D eigenvalue weighted by Crippen LogP contribution is 2.34. The Hall–Kier alpha value is -2.30. The van der Waals surface area contributed by atoms with Gasteiger partial charge in [0.15, 0.2) is 12.6 Å². The Kier molecular flexibility index (Phi) is 12.9. The van der Waals surface area contributed by atoms with Crippen molar-refractivity contribution < 1.29 is 43.1 Å². The van der Waals surface area contributed by atoms with Crippen LogP contribution in [0.5, 0.6) is 5.75 Å². The van der Waals surface area contributed by atoms with E-state index in [0.717, 1.165) is 44.3 Å². The molecule has 9 heteroatoms. The molecular formula is C31H44O9. The van der Waals surface area contributed by atoms with Gasteiger partial charge in [0.2, 0.25) is 0 Å². The standard InChI is InChI=1S/C31H44O9/c32-26-20-27(40-30-17-9-11-19-36-30)31(25(26)14-6-1-2-7-15-28(33)34)38-22-24(39-29-16-8-10-18-35-29)21-37-23-12-4-3-5-13-23/h1-5,12-13,24-25,27,29-31H,6-11,14-22H2,(H,33,34). The number of rotatable bonds is 16. The normalized spacial score (nSPS) is 28.1. The lowest BCUT2D eigenvalue weighted by Crippen LogP contribution is -2.40. The molecule has 3 fully saturated rings. The van der Waals surface area contributed by atoms with Crippen LogP contribution in [0, 0.1) is 5.92 Å². The number of para-hydroxylation sites is 1. The fraction of sp³-hybridized carbons (Fsp3) is 0.677. The number of carbonyl (C=O) groups is 2. The second-order valence-electron chi connectivity index (χ2n) is 10.7. The molecule has 0 radical (unpaired) electrons. The Labute approximate surface area is 237 Å². The van der Waals surface area contributed by atoms with Gasteiger partial charge in [-0.05, 0) is 69.9 Å². The van der Waals surface area contributed by atoms with E-state index in [2.05, 4.69) is 0 Å². The van der Waals surface area contributed by atoms with Gasteiger partial charge in [-0.15, -0.1) is 0 Å². The van der Waals surface area contributed by atoms with Crippen LogP contribution in [0.4, 0.5) is 0 Å². The van der Waals surface area contributed by atoms with Gasteiger partial charge in [-0.2, -0.15) is 0 Å². The molecule has 1 aromatic carbocycles. The molecule has 1 aromatic rings. The number of carboxylic acid groups (broad SMARTS) is 1. The number of allylic oxidation sites excluding steroid dienone is 2. The molecule has 4 rings (SSSR count). The maximum atomic E-state index is 13.1. The maximum absolute atomic E-state index is 13.1. The van der Waals surface area contributed by atoms with Crippen LogP contribution in [-0.4, -0.2) is 74.2 Å². The van der Waals surface area contributed by atoms with Gasteiger partial charge in [-0.3, -0.25) is 9.59 Å². The van der Waals surface area contributed by atoms with E-state index in [4.69, 9.17) is 33.5 Å². The van der Waals surface area contributed by atoms with E-state index < -0.39 is 18.2 Å². The molecule has 1 saturated carbocycles. The van der Waals surface area contributed by atoms with E-state index in [1.54, 1.807) is 0 Å². The molecule has 0 bridgehead atoms. The van der Waals surface area contributed by atoms with Gasteiger partial charge in [0.05, 0.1) is 18.8 Å². The van der Waals surface area contributed by atoms with E-state index in [9.17, 15) is 9.59 Å². The van der Waals surface area contributed by atoms with E-state index >= 15 is 0 Å². The second-order valence-corrected chi connectivity index (χ2v) is 10.7. The molecule has 2 aliphatic heterocycles. The average molecular weight is 561 g/mol. The van der Waals surface area contributed by atoms with Gasteiger partial charge in [0.25, 0.3) is 0 Å². The number of Topliss-reactive ketones (excluding diaryl/α,β-unsaturated/α-hetero) is 1. The maximum Gasteiger partial charge on any atom is 0.303 e. The zero-order chi connectivity index (χ0) is 28.0. The van der Waals surface area contributed by atoms with Crippen LogP contribution in [0.3, 0.4) is 0 Å². The van der Waals surface area contributed by atoms with Crippen molar-refractivity contribution in [3.05, 3.63) is 42.5 Å². The number of carboxylic acids is 1. The zero-order valence-corrected chi connectivity index (χ0v) is 23.3.